The average molecular weight is 443 g/mol. The van der Waals surface area contributed by atoms with Crippen molar-refractivity contribution in [1.82, 2.24) is 0 Å². The molecule has 5 saturated carbocycles. The lowest BCUT2D eigenvalue weighted by atomic mass is 9.32. The van der Waals surface area contributed by atoms with Crippen molar-refractivity contribution in [2.24, 2.45) is 56.7 Å². The van der Waals surface area contributed by atoms with Crippen LogP contribution in [-0.2, 0) is 0 Å². The van der Waals surface area contributed by atoms with Crippen LogP contribution in [0.15, 0.2) is 12.2 Å². The van der Waals surface area contributed by atoms with E-state index in [2.05, 4.69) is 41.2 Å². The van der Waals surface area contributed by atoms with Crippen LogP contribution >= 0.6 is 0 Å². The lowest BCUT2D eigenvalue weighted by Crippen LogP contribution is -2.65. The number of hydrogen-bond donors (Lipinski definition) is 2. The van der Waals surface area contributed by atoms with Crippen LogP contribution in [0.5, 0.6) is 0 Å². The highest BCUT2D eigenvalue weighted by atomic mass is 16.3. The van der Waals surface area contributed by atoms with E-state index in [9.17, 15) is 10.2 Å². The molecule has 0 bridgehead atoms. The summed E-state index contributed by atoms with van der Waals surface area (Å²) in [6.07, 6.45) is 14.5. The standard InChI is InChI=1S/C30H50O2/c1-20(18-31)21-10-14-26(2)16-17-29(5)22(25(21)26)8-9-24-28(4)13-7-12-27(3,19-32)23(28)11-15-30(24,29)6/h21-25,31-32H,1,7-19H2,2-6H3/t21-,22+,23-,24+,25+,26+,27?,28-,29+,30+/m0/s1. The van der Waals surface area contributed by atoms with Gasteiger partial charge in [-0.15, -0.1) is 0 Å². The third-order valence-corrected chi connectivity index (χ3v) is 13.5. The Morgan fingerprint density at radius 2 is 1.53 bits per heavy atom. The zero-order valence-corrected chi connectivity index (χ0v) is 21.7. The van der Waals surface area contributed by atoms with E-state index in [1.165, 1.54) is 70.6 Å². The molecule has 0 radical (unpaired) electrons. The molecular formula is C30H50O2. The fourth-order valence-electron chi connectivity index (χ4n) is 11.6. The smallest absolute Gasteiger partial charge is 0.0641 e. The van der Waals surface area contributed by atoms with Crippen molar-refractivity contribution < 1.29 is 10.2 Å². The quantitative estimate of drug-likeness (QED) is 0.462. The van der Waals surface area contributed by atoms with Gasteiger partial charge in [0.1, 0.15) is 0 Å². The van der Waals surface area contributed by atoms with Crippen molar-refractivity contribution >= 4 is 0 Å². The van der Waals surface area contributed by atoms with Gasteiger partial charge in [0, 0.05) is 6.61 Å². The van der Waals surface area contributed by atoms with Crippen LogP contribution in [0.25, 0.3) is 0 Å². The third-order valence-electron chi connectivity index (χ3n) is 13.5. The van der Waals surface area contributed by atoms with Crippen molar-refractivity contribution in [3.63, 3.8) is 0 Å². The van der Waals surface area contributed by atoms with E-state index in [-0.39, 0.29) is 12.0 Å². The normalized spacial score (nSPS) is 57.2. The molecular weight excluding hydrogens is 392 g/mol. The maximum Gasteiger partial charge on any atom is 0.0641 e. The fraction of sp³-hybridized carbons (Fsp3) is 0.933. The number of fused-ring (bicyclic) bond motifs is 7. The summed E-state index contributed by atoms with van der Waals surface area (Å²) in [6, 6.07) is 0. The summed E-state index contributed by atoms with van der Waals surface area (Å²) in [5, 5.41) is 20.4. The molecule has 0 amide bonds. The minimum absolute atomic E-state index is 0.118. The lowest BCUT2D eigenvalue weighted by molar-refractivity contribution is -0.239. The Hall–Kier alpha value is -0.340. The maximum atomic E-state index is 10.4. The molecule has 5 aliphatic carbocycles. The SMILES string of the molecule is C=C(CO)[C@@H]1CC[C@]2(C)CC[C@]3(C)[C@H](CC[C@@H]4[C@@]5(C)CCCC(C)(CO)[C@@H]5CC[C@]43C)[C@@H]12. The first-order valence-electron chi connectivity index (χ1n) is 13.9. The highest BCUT2D eigenvalue weighted by molar-refractivity contribution is 5.21. The van der Waals surface area contributed by atoms with Gasteiger partial charge in [-0.2, -0.15) is 0 Å². The largest absolute Gasteiger partial charge is 0.396 e. The molecule has 0 aromatic heterocycles. The molecule has 5 fully saturated rings. The van der Waals surface area contributed by atoms with Crippen molar-refractivity contribution in [3.8, 4) is 0 Å². The third kappa shape index (κ3) is 2.78. The molecule has 10 atom stereocenters. The second-order valence-corrected chi connectivity index (χ2v) is 14.5. The number of aliphatic hydroxyl groups excluding tert-OH is 2. The van der Waals surface area contributed by atoms with E-state index in [0.717, 1.165) is 17.4 Å². The first-order chi connectivity index (χ1) is 15.0. The molecule has 182 valence electrons. The van der Waals surface area contributed by atoms with Gasteiger partial charge in [0.2, 0.25) is 0 Å². The van der Waals surface area contributed by atoms with Crippen LogP contribution in [0, 0.1) is 56.7 Å². The van der Waals surface area contributed by atoms with Gasteiger partial charge in [-0.25, -0.2) is 0 Å². The van der Waals surface area contributed by atoms with Crippen molar-refractivity contribution in [3.05, 3.63) is 12.2 Å². The van der Waals surface area contributed by atoms with Gasteiger partial charge in [0.15, 0.2) is 0 Å². The topological polar surface area (TPSA) is 40.5 Å². The molecule has 2 nitrogen and oxygen atoms in total. The molecule has 1 unspecified atom stereocenters. The number of hydrogen-bond acceptors (Lipinski definition) is 2. The number of aliphatic hydroxyl groups is 2. The fourth-order valence-corrected chi connectivity index (χ4v) is 11.6. The summed E-state index contributed by atoms with van der Waals surface area (Å²) in [5.74, 6) is 3.46. The average Bonchev–Trinajstić information content (AvgIpc) is 3.11. The predicted molar refractivity (Wildman–Crippen MR) is 132 cm³/mol. The van der Waals surface area contributed by atoms with Crippen molar-refractivity contribution in [1.29, 1.82) is 0 Å². The molecule has 2 N–H and O–H groups in total. The summed E-state index contributed by atoms with van der Waals surface area (Å²) < 4.78 is 0. The van der Waals surface area contributed by atoms with Gasteiger partial charge in [0.05, 0.1) is 6.61 Å². The molecule has 2 heteroatoms. The van der Waals surface area contributed by atoms with E-state index in [4.69, 9.17) is 0 Å². The minimum Gasteiger partial charge on any atom is -0.396 e. The van der Waals surface area contributed by atoms with E-state index in [0.29, 0.717) is 46.0 Å². The van der Waals surface area contributed by atoms with E-state index < -0.39 is 0 Å². The summed E-state index contributed by atoms with van der Waals surface area (Å²) >= 11 is 0. The minimum atomic E-state index is 0.118. The molecule has 5 rings (SSSR count). The van der Waals surface area contributed by atoms with Gasteiger partial charge in [-0.05, 0) is 126 Å². The second-order valence-electron chi connectivity index (χ2n) is 14.5. The van der Waals surface area contributed by atoms with Crippen LogP contribution in [0.2, 0.25) is 0 Å². The Morgan fingerprint density at radius 3 is 2.22 bits per heavy atom. The second kappa shape index (κ2) is 7.33. The molecule has 0 heterocycles. The highest BCUT2D eigenvalue weighted by Crippen LogP contribution is 2.77. The van der Waals surface area contributed by atoms with E-state index >= 15 is 0 Å². The van der Waals surface area contributed by atoms with Gasteiger partial charge in [-0.3, -0.25) is 0 Å². The van der Waals surface area contributed by atoms with Crippen LogP contribution in [0.3, 0.4) is 0 Å². The molecule has 0 aromatic rings. The van der Waals surface area contributed by atoms with Gasteiger partial charge < -0.3 is 10.2 Å². The van der Waals surface area contributed by atoms with Crippen molar-refractivity contribution in [2.75, 3.05) is 13.2 Å². The van der Waals surface area contributed by atoms with Gasteiger partial charge in [0.25, 0.3) is 0 Å². The Labute approximate surface area is 197 Å². The molecule has 0 aliphatic heterocycles. The monoisotopic (exact) mass is 442 g/mol. The Morgan fingerprint density at radius 1 is 0.781 bits per heavy atom. The van der Waals surface area contributed by atoms with Crippen LogP contribution in [0.1, 0.15) is 105 Å². The highest BCUT2D eigenvalue weighted by Gasteiger charge is 2.69. The lowest BCUT2D eigenvalue weighted by Gasteiger charge is -2.72. The summed E-state index contributed by atoms with van der Waals surface area (Å²) in [5.41, 5.74) is 2.83. The van der Waals surface area contributed by atoms with Crippen molar-refractivity contribution in [2.45, 2.75) is 105 Å². The van der Waals surface area contributed by atoms with Crippen LogP contribution < -0.4 is 0 Å². The molecule has 32 heavy (non-hydrogen) atoms. The summed E-state index contributed by atoms with van der Waals surface area (Å²) in [6.45, 7) is 17.9. The van der Waals surface area contributed by atoms with Crippen LogP contribution in [0.4, 0.5) is 0 Å². The Kier molecular flexibility index (Phi) is 5.36. The summed E-state index contributed by atoms with van der Waals surface area (Å²) in [4.78, 5) is 0. The Bertz CT molecular complexity index is 775. The molecule has 0 aromatic carbocycles. The molecule has 0 saturated heterocycles. The van der Waals surface area contributed by atoms with Gasteiger partial charge >= 0.3 is 0 Å². The molecule has 5 aliphatic rings. The first-order valence-corrected chi connectivity index (χ1v) is 13.9. The zero-order valence-electron chi connectivity index (χ0n) is 21.7. The van der Waals surface area contributed by atoms with Crippen LogP contribution in [-0.4, -0.2) is 23.4 Å². The van der Waals surface area contributed by atoms with E-state index in [1.54, 1.807) is 0 Å². The molecule has 0 spiro atoms. The zero-order chi connectivity index (χ0) is 23.2. The predicted octanol–water partition coefficient (Wildman–Crippen LogP) is 7.00. The van der Waals surface area contributed by atoms with E-state index in [1.807, 2.05) is 0 Å². The Balaban J connectivity index is 1.53. The number of rotatable bonds is 3. The summed E-state index contributed by atoms with van der Waals surface area (Å²) in [7, 11) is 0. The first kappa shape index (κ1) is 23.4. The van der Waals surface area contributed by atoms with Gasteiger partial charge in [-0.1, -0.05) is 47.6 Å². The maximum absolute atomic E-state index is 10.4.